The Morgan fingerprint density at radius 2 is 1.82 bits per heavy atom. The maximum atomic E-state index is 13.4. The molecule has 3 aromatic rings. The third-order valence-electron chi connectivity index (χ3n) is 5.81. The molecule has 33 heavy (non-hydrogen) atoms. The SMILES string of the molecule is CCC(=O)Nc1ccc2c(c1)cc(C(=O)NCCN1CCOCC1)n2Cc1ccc(F)cc1. The average Bonchev–Trinajstić information content (AvgIpc) is 3.18. The standard InChI is InChI=1S/C25H29FN4O3/c1-2-24(31)28-21-7-8-22-19(15-21)16-23(30(22)17-18-3-5-20(26)6-4-18)25(32)27-9-10-29-11-13-33-14-12-29/h3-8,15-16H,2,9-14,17H2,1H3,(H,27,32)(H,28,31). The summed E-state index contributed by atoms with van der Waals surface area (Å²) in [5, 5.41) is 6.74. The van der Waals surface area contributed by atoms with Gasteiger partial charge in [-0.05, 0) is 42.0 Å². The van der Waals surface area contributed by atoms with Crippen molar-refractivity contribution in [3.63, 3.8) is 0 Å². The Balaban J connectivity index is 1.58. The van der Waals surface area contributed by atoms with E-state index in [4.69, 9.17) is 4.74 Å². The van der Waals surface area contributed by atoms with Crippen molar-refractivity contribution in [2.75, 3.05) is 44.7 Å². The number of benzene rings is 2. The summed E-state index contributed by atoms with van der Waals surface area (Å²) in [7, 11) is 0. The Morgan fingerprint density at radius 1 is 1.06 bits per heavy atom. The monoisotopic (exact) mass is 452 g/mol. The molecule has 0 bridgehead atoms. The van der Waals surface area contributed by atoms with Crippen LogP contribution in [-0.4, -0.2) is 60.7 Å². The van der Waals surface area contributed by atoms with E-state index in [2.05, 4.69) is 15.5 Å². The van der Waals surface area contributed by atoms with Gasteiger partial charge in [0.05, 0.1) is 13.2 Å². The highest BCUT2D eigenvalue weighted by Crippen LogP contribution is 2.25. The van der Waals surface area contributed by atoms with Crippen molar-refractivity contribution in [3.8, 4) is 0 Å². The van der Waals surface area contributed by atoms with Crippen LogP contribution >= 0.6 is 0 Å². The number of halogens is 1. The van der Waals surface area contributed by atoms with Crippen LogP contribution in [0.3, 0.4) is 0 Å². The Bertz CT molecular complexity index is 1120. The van der Waals surface area contributed by atoms with Gasteiger partial charge in [-0.25, -0.2) is 4.39 Å². The van der Waals surface area contributed by atoms with E-state index in [1.807, 2.05) is 28.8 Å². The minimum atomic E-state index is -0.298. The van der Waals surface area contributed by atoms with Crippen molar-refractivity contribution < 1.29 is 18.7 Å². The van der Waals surface area contributed by atoms with Gasteiger partial charge >= 0.3 is 0 Å². The molecule has 2 heterocycles. The molecular weight excluding hydrogens is 423 g/mol. The maximum absolute atomic E-state index is 13.4. The summed E-state index contributed by atoms with van der Waals surface area (Å²) in [6, 6.07) is 13.7. The van der Waals surface area contributed by atoms with Gasteiger partial charge in [0.25, 0.3) is 5.91 Å². The summed E-state index contributed by atoms with van der Waals surface area (Å²) in [5.74, 6) is -0.532. The Hall–Kier alpha value is -3.23. The average molecular weight is 453 g/mol. The number of nitrogens with one attached hydrogen (secondary N) is 2. The normalized spacial score (nSPS) is 14.4. The maximum Gasteiger partial charge on any atom is 0.267 e. The second-order valence-electron chi connectivity index (χ2n) is 8.13. The summed E-state index contributed by atoms with van der Waals surface area (Å²) in [4.78, 5) is 27.2. The molecule has 2 N–H and O–H groups in total. The highest BCUT2D eigenvalue weighted by molar-refractivity contribution is 6.00. The third-order valence-corrected chi connectivity index (χ3v) is 5.81. The van der Waals surface area contributed by atoms with Crippen molar-refractivity contribution >= 4 is 28.4 Å². The third kappa shape index (κ3) is 5.77. The van der Waals surface area contributed by atoms with Crippen LogP contribution in [0.1, 0.15) is 29.4 Å². The number of aromatic nitrogens is 1. The molecule has 0 atom stereocenters. The minimum absolute atomic E-state index is 0.0684. The Labute approximate surface area is 192 Å². The van der Waals surface area contributed by atoms with Gasteiger partial charge in [-0.2, -0.15) is 0 Å². The number of ether oxygens (including phenoxy) is 1. The number of fused-ring (bicyclic) bond motifs is 1. The van der Waals surface area contributed by atoms with Gasteiger partial charge in [0.1, 0.15) is 11.5 Å². The van der Waals surface area contributed by atoms with Gasteiger partial charge in [-0.3, -0.25) is 14.5 Å². The molecule has 0 radical (unpaired) electrons. The number of nitrogens with zero attached hydrogens (tertiary/aromatic N) is 2. The molecule has 7 nitrogen and oxygen atoms in total. The lowest BCUT2D eigenvalue weighted by atomic mass is 10.2. The van der Waals surface area contributed by atoms with Gasteiger partial charge < -0.3 is 19.9 Å². The molecule has 174 valence electrons. The highest BCUT2D eigenvalue weighted by Gasteiger charge is 2.17. The van der Waals surface area contributed by atoms with Crippen molar-refractivity contribution in [2.45, 2.75) is 19.9 Å². The number of carbonyl (C=O) groups excluding carboxylic acids is 2. The molecule has 1 aromatic heterocycles. The molecule has 2 amide bonds. The zero-order valence-electron chi connectivity index (χ0n) is 18.8. The first kappa shape index (κ1) is 22.9. The molecule has 1 aliphatic rings. The molecule has 1 aliphatic heterocycles. The predicted octanol–water partition coefficient (Wildman–Crippen LogP) is 3.24. The molecule has 4 rings (SSSR count). The smallest absolute Gasteiger partial charge is 0.267 e. The molecule has 0 spiro atoms. The summed E-state index contributed by atoms with van der Waals surface area (Å²) in [5.41, 5.74) is 2.97. The second kappa shape index (κ2) is 10.6. The van der Waals surface area contributed by atoms with Gasteiger partial charge in [0.15, 0.2) is 0 Å². The zero-order valence-corrected chi connectivity index (χ0v) is 18.8. The zero-order chi connectivity index (χ0) is 23.2. The van der Waals surface area contributed by atoms with Crippen molar-refractivity contribution in [1.82, 2.24) is 14.8 Å². The van der Waals surface area contributed by atoms with E-state index in [0.29, 0.717) is 30.9 Å². The number of rotatable bonds is 8. The summed E-state index contributed by atoms with van der Waals surface area (Å²) in [6.07, 6.45) is 0.389. The van der Waals surface area contributed by atoms with E-state index in [-0.39, 0.29) is 17.6 Å². The lowest BCUT2D eigenvalue weighted by Crippen LogP contribution is -2.41. The number of anilines is 1. The Morgan fingerprint density at radius 3 is 2.55 bits per heavy atom. The Kier molecular flexibility index (Phi) is 7.36. The first-order valence-electron chi connectivity index (χ1n) is 11.3. The molecule has 0 saturated carbocycles. The minimum Gasteiger partial charge on any atom is -0.379 e. The summed E-state index contributed by atoms with van der Waals surface area (Å²) in [6.45, 7) is 6.70. The molecule has 2 aromatic carbocycles. The first-order valence-corrected chi connectivity index (χ1v) is 11.3. The van der Waals surface area contributed by atoms with E-state index in [1.54, 1.807) is 19.1 Å². The number of hydrogen-bond donors (Lipinski definition) is 2. The van der Waals surface area contributed by atoms with Crippen molar-refractivity contribution in [2.24, 2.45) is 0 Å². The predicted molar refractivity (Wildman–Crippen MR) is 126 cm³/mol. The van der Waals surface area contributed by atoms with E-state index in [1.165, 1.54) is 12.1 Å². The van der Waals surface area contributed by atoms with Crippen LogP contribution in [0.15, 0.2) is 48.5 Å². The molecule has 0 aliphatic carbocycles. The largest absolute Gasteiger partial charge is 0.379 e. The number of morpholine rings is 1. The van der Waals surface area contributed by atoms with Crippen LogP contribution in [0.4, 0.5) is 10.1 Å². The van der Waals surface area contributed by atoms with Crippen LogP contribution < -0.4 is 10.6 Å². The molecule has 1 fully saturated rings. The fourth-order valence-electron chi connectivity index (χ4n) is 3.97. The van der Waals surface area contributed by atoms with Crippen LogP contribution in [-0.2, 0) is 16.1 Å². The first-order chi connectivity index (χ1) is 16.0. The fraction of sp³-hybridized carbons (Fsp3) is 0.360. The number of carbonyl (C=O) groups is 2. The van der Waals surface area contributed by atoms with Crippen molar-refractivity contribution in [3.05, 3.63) is 65.6 Å². The topological polar surface area (TPSA) is 75.6 Å². The van der Waals surface area contributed by atoms with Crippen LogP contribution in [0.5, 0.6) is 0 Å². The summed E-state index contributed by atoms with van der Waals surface area (Å²) < 4.78 is 20.7. The fourth-order valence-corrected chi connectivity index (χ4v) is 3.97. The summed E-state index contributed by atoms with van der Waals surface area (Å²) >= 11 is 0. The quantitative estimate of drug-likeness (QED) is 0.550. The molecule has 1 saturated heterocycles. The van der Waals surface area contributed by atoms with E-state index in [9.17, 15) is 14.0 Å². The molecule has 0 unspecified atom stereocenters. The van der Waals surface area contributed by atoms with Gasteiger partial charge in [-0.15, -0.1) is 0 Å². The van der Waals surface area contributed by atoms with Crippen LogP contribution in [0, 0.1) is 5.82 Å². The lowest BCUT2D eigenvalue weighted by molar-refractivity contribution is -0.115. The molecule has 8 heteroatoms. The van der Waals surface area contributed by atoms with Gasteiger partial charge in [0.2, 0.25) is 5.91 Å². The molecular formula is C25H29FN4O3. The van der Waals surface area contributed by atoms with Gasteiger partial charge in [-0.1, -0.05) is 19.1 Å². The highest BCUT2D eigenvalue weighted by atomic mass is 19.1. The number of hydrogen-bond acceptors (Lipinski definition) is 4. The lowest BCUT2D eigenvalue weighted by Gasteiger charge is -2.26. The van der Waals surface area contributed by atoms with E-state index < -0.39 is 0 Å². The second-order valence-corrected chi connectivity index (χ2v) is 8.13. The van der Waals surface area contributed by atoms with Crippen LogP contribution in [0.25, 0.3) is 10.9 Å². The van der Waals surface area contributed by atoms with E-state index >= 15 is 0 Å². The van der Waals surface area contributed by atoms with Crippen LogP contribution in [0.2, 0.25) is 0 Å². The van der Waals surface area contributed by atoms with Crippen molar-refractivity contribution in [1.29, 1.82) is 0 Å². The van der Waals surface area contributed by atoms with Gasteiger partial charge in [0, 0.05) is 55.7 Å². The number of amides is 2. The van der Waals surface area contributed by atoms with E-state index in [0.717, 1.165) is 49.3 Å².